The fraction of sp³-hybridized carbons (Fsp3) is 0.762. The third-order valence-corrected chi connectivity index (χ3v) is 5.64. The lowest BCUT2D eigenvalue weighted by molar-refractivity contribution is -0.136. The summed E-state index contributed by atoms with van der Waals surface area (Å²) in [5.41, 5.74) is 2.09. The third-order valence-electron chi connectivity index (χ3n) is 5.64. The monoisotopic (exact) mass is 391 g/mol. The minimum atomic E-state index is 0.174. The van der Waals surface area contributed by atoms with E-state index in [1.807, 2.05) is 18.7 Å². The minimum absolute atomic E-state index is 0.174. The number of hydrogen-bond donors (Lipinski definition) is 2. The lowest BCUT2D eigenvalue weighted by Crippen LogP contribution is -2.50. The average molecular weight is 392 g/mol. The van der Waals surface area contributed by atoms with Crippen LogP contribution in [0.2, 0.25) is 0 Å². The van der Waals surface area contributed by atoms with Crippen LogP contribution in [0.3, 0.4) is 0 Å². The summed E-state index contributed by atoms with van der Waals surface area (Å²) < 4.78 is 5.22. The molecule has 1 aromatic heterocycles. The Morgan fingerprint density at radius 1 is 1.25 bits per heavy atom. The van der Waals surface area contributed by atoms with Crippen molar-refractivity contribution in [1.82, 2.24) is 20.7 Å². The molecule has 0 spiro atoms. The number of piperidine rings is 1. The van der Waals surface area contributed by atoms with Gasteiger partial charge in [0.2, 0.25) is 5.91 Å². The van der Waals surface area contributed by atoms with Gasteiger partial charge in [-0.15, -0.1) is 0 Å². The number of carbonyl (C=O) groups excluding carboxylic acids is 1. The molecule has 0 saturated carbocycles. The molecule has 7 heteroatoms. The van der Waals surface area contributed by atoms with Crippen molar-refractivity contribution in [2.75, 3.05) is 26.2 Å². The standard InChI is InChI=1S/C21H37N5O2/c1-6-17(7-2)20(27)26-13-10-18(11-14-26)24-21(22-8-3)23-12-9-19-15(4)25-28-16(19)5/h17-18H,6-14H2,1-5H3,(H2,22,23,24). The van der Waals surface area contributed by atoms with Crippen molar-refractivity contribution in [2.24, 2.45) is 10.9 Å². The van der Waals surface area contributed by atoms with E-state index in [-0.39, 0.29) is 5.92 Å². The molecule has 2 heterocycles. The summed E-state index contributed by atoms with van der Waals surface area (Å²) in [6.45, 7) is 13.3. The maximum Gasteiger partial charge on any atom is 0.225 e. The molecule has 2 rings (SSSR count). The predicted molar refractivity (Wildman–Crippen MR) is 112 cm³/mol. The van der Waals surface area contributed by atoms with Crippen molar-refractivity contribution >= 4 is 11.9 Å². The number of hydrogen-bond acceptors (Lipinski definition) is 4. The Labute approximate surface area is 169 Å². The maximum atomic E-state index is 12.6. The maximum absolute atomic E-state index is 12.6. The summed E-state index contributed by atoms with van der Waals surface area (Å²) in [5, 5.41) is 10.9. The number of carbonyl (C=O) groups is 1. The molecule has 2 N–H and O–H groups in total. The van der Waals surface area contributed by atoms with Gasteiger partial charge < -0.3 is 20.1 Å². The van der Waals surface area contributed by atoms with Gasteiger partial charge in [0.15, 0.2) is 5.96 Å². The number of rotatable bonds is 8. The Morgan fingerprint density at radius 3 is 2.46 bits per heavy atom. The van der Waals surface area contributed by atoms with Crippen LogP contribution in [0.1, 0.15) is 63.5 Å². The quantitative estimate of drug-likeness (QED) is 0.526. The molecule has 1 saturated heterocycles. The summed E-state index contributed by atoms with van der Waals surface area (Å²) in [4.78, 5) is 19.3. The van der Waals surface area contributed by atoms with Crippen molar-refractivity contribution in [1.29, 1.82) is 0 Å². The zero-order chi connectivity index (χ0) is 20.5. The lowest BCUT2D eigenvalue weighted by Gasteiger charge is -2.34. The number of likely N-dealkylation sites (tertiary alicyclic amines) is 1. The van der Waals surface area contributed by atoms with Crippen molar-refractivity contribution in [2.45, 2.75) is 72.8 Å². The smallest absolute Gasteiger partial charge is 0.225 e. The van der Waals surface area contributed by atoms with Crippen LogP contribution >= 0.6 is 0 Å². The molecular formula is C21H37N5O2. The summed E-state index contributed by atoms with van der Waals surface area (Å²) in [5.74, 6) is 2.22. The van der Waals surface area contributed by atoms with Crippen LogP contribution in [-0.4, -0.2) is 54.1 Å². The minimum Gasteiger partial charge on any atom is -0.361 e. The van der Waals surface area contributed by atoms with E-state index in [4.69, 9.17) is 9.52 Å². The molecule has 28 heavy (non-hydrogen) atoms. The van der Waals surface area contributed by atoms with Crippen molar-refractivity contribution < 1.29 is 9.32 Å². The molecule has 1 amide bonds. The van der Waals surface area contributed by atoms with Gasteiger partial charge in [0, 0.05) is 43.7 Å². The number of aromatic nitrogens is 1. The molecule has 1 aliphatic rings. The molecule has 0 bridgehead atoms. The van der Waals surface area contributed by atoms with Gasteiger partial charge in [-0.2, -0.15) is 0 Å². The number of nitrogens with one attached hydrogen (secondary N) is 2. The first-order valence-electron chi connectivity index (χ1n) is 10.7. The van der Waals surface area contributed by atoms with Gasteiger partial charge in [-0.1, -0.05) is 19.0 Å². The molecule has 0 radical (unpaired) electrons. The Hall–Kier alpha value is -2.05. The van der Waals surface area contributed by atoms with E-state index in [0.29, 0.717) is 18.5 Å². The molecule has 0 aliphatic carbocycles. The van der Waals surface area contributed by atoms with Gasteiger partial charge in [-0.25, -0.2) is 0 Å². The summed E-state index contributed by atoms with van der Waals surface area (Å²) in [7, 11) is 0. The molecule has 0 atom stereocenters. The summed E-state index contributed by atoms with van der Waals surface area (Å²) >= 11 is 0. The molecular weight excluding hydrogens is 354 g/mol. The number of nitrogens with zero attached hydrogens (tertiary/aromatic N) is 3. The zero-order valence-corrected chi connectivity index (χ0v) is 18.2. The summed E-state index contributed by atoms with van der Waals surface area (Å²) in [6, 6.07) is 0.350. The van der Waals surface area contributed by atoms with E-state index in [2.05, 4.69) is 36.6 Å². The van der Waals surface area contributed by atoms with Gasteiger partial charge in [0.1, 0.15) is 5.76 Å². The van der Waals surface area contributed by atoms with Crippen molar-refractivity contribution in [3.63, 3.8) is 0 Å². The van der Waals surface area contributed by atoms with Gasteiger partial charge in [-0.3, -0.25) is 9.79 Å². The number of aryl methyl sites for hydroxylation is 2. The Bertz CT molecular complexity index is 624. The number of guanidine groups is 1. The first kappa shape index (κ1) is 22.2. The van der Waals surface area contributed by atoms with Crippen LogP contribution in [0.4, 0.5) is 0 Å². The van der Waals surface area contributed by atoms with Gasteiger partial charge in [0.25, 0.3) is 0 Å². The van der Waals surface area contributed by atoms with Crippen LogP contribution in [0, 0.1) is 19.8 Å². The molecule has 7 nitrogen and oxygen atoms in total. The van der Waals surface area contributed by atoms with Crippen LogP contribution in [0.5, 0.6) is 0 Å². The summed E-state index contributed by atoms with van der Waals surface area (Å²) in [6.07, 6.45) is 4.59. The second kappa shape index (κ2) is 11.1. The van der Waals surface area contributed by atoms with Crippen LogP contribution in [0.25, 0.3) is 0 Å². The Kier molecular flexibility index (Phi) is 8.80. The first-order chi connectivity index (χ1) is 13.5. The second-order valence-corrected chi connectivity index (χ2v) is 7.57. The van der Waals surface area contributed by atoms with Gasteiger partial charge in [0.05, 0.1) is 5.69 Å². The SMILES string of the molecule is CCNC(=NCCc1c(C)noc1C)NC1CCN(C(=O)C(CC)CC)CC1. The highest BCUT2D eigenvalue weighted by atomic mass is 16.5. The molecule has 1 aromatic rings. The van der Waals surface area contributed by atoms with E-state index in [1.54, 1.807) is 0 Å². The topological polar surface area (TPSA) is 82.8 Å². The van der Waals surface area contributed by atoms with Crippen LogP contribution < -0.4 is 10.6 Å². The van der Waals surface area contributed by atoms with Crippen molar-refractivity contribution in [3.05, 3.63) is 17.0 Å². The van der Waals surface area contributed by atoms with E-state index in [1.165, 1.54) is 0 Å². The average Bonchev–Trinajstić information content (AvgIpc) is 3.01. The van der Waals surface area contributed by atoms with Gasteiger partial charge >= 0.3 is 0 Å². The number of aliphatic imine (C=N–C) groups is 1. The van der Waals surface area contributed by atoms with Gasteiger partial charge in [-0.05, 0) is 52.9 Å². The molecule has 0 unspecified atom stereocenters. The second-order valence-electron chi connectivity index (χ2n) is 7.57. The Balaban J connectivity index is 1.85. The van der Waals surface area contributed by atoms with E-state index < -0.39 is 0 Å². The predicted octanol–water partition coefficient (Wildman–Crippen LogP) is 2.82. The zero-order valence-electron chi connectivity index (χ0n) is 18.2. The highest BCUT2D eigenvalue weighted by Crippen LogP contribution is 2.17. The number of amides is 1. The lowest BCUT2D eigenvalue weighted by atomic mass is 9.98. The van der Waals surface area contributed by atoms with Crippen LogP contribution in [-0.2, 0) is 11.2 Å². The largest absolute Gasteiger partial charge is 0.361 e. The molecule has 158 valence electrons. The van der Waals surface area contributed by atoms with E-state index in [9.17, 15) is 4.79 Å². The normalized spacial score (nSPS) is 15.9. The molecule has 1 aliphatic heterocycles. The van der Waals surface area contributed by atoms with Crippen LogP contribution in [0.15, 0.2) is 9.52 Å². The fourth-order valence-corrected chi connectivity index (χ4v) is 3.79. The van der Waals surface area contributed by atoms with Crippen molar-refractivity contribution in [3.8, 4) is 0 Å². The van der Waals surface area contributed by atoms with E-state index in [0.717, 1.165) is 74.7 Å². The Morgan fingerprint density at radius 2 is 1.93 bits per heavy atom. The highest BCUT2D eigenvalue weighted by Gasteiger charge is 2.26. The first-order valence-corrected chi connectivity index (χ1v) is 10.7. The molecule has 0 aromatic carbocycles. The third kappa shape index (κ3) is 5.97. The fourth-order valence-electron chi connectivity index (χ4n) is 3.79. The molecule has 1 fully saturated rings. The van der Waals surface area contributed by atoms with E-state index >= 15 is 0 Å². The highest BCUT2D eigenvalue weighted by molar-refractivity contribution is 5.80.